The standard InChI is InChI=1S/C16H10O6/c17-10-5-1-3-8-13(10)16(21)14-9(15(8)20)4-2-6-11(14)22-7-12(18)19/h1-6,17H,7H2,(H,18,19). The molecule has 0 saturated carbocycles. The first-order chi connectivity index (χ1) is 10.5. The van der Waals surface area contributed by atoms with Crippen LogP contribution in [0.4, 0.5) is 0 Å². The molecule has 22 heavy (non-hydrogen) atoms. The molecule has 2 N–H and O–H groups in total. The fourth-order valence-electron chi connectivity index (χ4n) is 2.45. The molecule has 0 aromatic heterocycles. The minimum absolute atomic E-state index is 0.00662. The molecule has 0 saturated heterocycles. The summed E-state index contributed by atoms with van der Waals surface area (Å²) in [5.41, 5.74) is 0.132. The minimum Gasteiger partial charge on any atom is -0.507 e. The van der Waals surface area contributed by atoms with Gasteiger partial charge >= 0.3 is 5.97 Å². The van der Waals surface area contributed by atoms with E-state index in [9.17, 15) is 19.5 Å². The number of carboxylic acids is 1. The largest absolute Gasteiger partial charge is 0.507 e. The number of aliphatic carboxylic acids is 1. The lowest BCUT2D eigenvalue weighted by molar-refractivity contribution is -0.139. The lowest BCUT2D eigenvalue weighted by atomic mass is 9.83. The summed E-state index contributed by atoms with van der Waals surface area (Å²) in [4.78, 5) is 35.7. The second-order valence-corrected chi connectivity index (χ2v) is 4.72. The highest BCUT2D eigenvalue weighted by Crippen LogP contribution is 2.36. The molecule has 0 aliphatic heterocycles. The van der Waals surface area contributed by atoms with Gasteiger partial charge in [-0.25, -0.2) is 4.79 Å². The van der Waals surface area contributed by atoms with Crippen LogP contribution in [0.15, 0.2) is 36.4 Å². The molecule has 0 atom stereocenters. The quantitative estimate of drug-likeness (QED) is 0.762. The smallest absolute Gasteiger partial charge is 0.341 e. The molecule has 0 heterocycles. The highest BCUT2D eigenvalue weighted by Gasteiger charge is 2.34. The summed E-state index contributed by atoms with van der Waals surface area (Å²) in [7, 11) is 0. The first kappa shape index (κ1) is 13.8. The van der Waals surface area contributed by atoms with E-state index in [4.69, 9.17) is 9.84 Å². The van der Waals surface area contributed by atoms with Gasteiger partial charge in [-0.3, -0.25) is 9.59 Å². The number of benzene rings is 2. The SMILES string of the molecule is O=C(O)COc1cccc2c1C(=O)c1c(O)cccc1C2=O. The van der Waals surface area contributed by atoms with Gasteiger partial charge in [-0.1, -0.05) is 24.3 Å². The molecule has 6 heteroatoms. The van der Waals surface area contributed by atoms with Crippen molar-refractivity contribution in [3.8, 4) is 11.5 Å². The van der Waals surface area contributed by atoms with Crippen molar-refractivity contribution in [3.05, 3.63) is 58.7 Å². The number of hydrogen-bond acceptors (Lipinski definition) is 5. The van der Waals surface area contributed by atoms with Crippen molar-refractivity contribution in [3.63, 3.8) is 0 Å². The van der Waals surface area contributed by atoms with Crippen LogP contribution in [0.2, 0.25) is 0 Å². The highest BCUT2D eigenvalue weighted by molar-refractivity contribution is 6.30. The molecular weight excluding hydrogens is 288 g/mol. The summed E-state index contributed by atoms with van der Waals surface area (Å²) in [6, 6.07) is 8.65. The number of ether oxygens (including phenoxy) is 1. The van der Waals surface area contributed by atoms with E-state index in [1.165, 1.54) is 36.4 Å². The average Bonchev–Trinajstić information content (AvgIpc) is 2.50. The molecular formula is C16H10O6. The van der Waals surface area contributed by atoms with E-state index >= 15 is 0 Å². The van der Waals surface area contributed by atoms with E-state index in [1.54, 1.807) is 0 Å². The Hall–Kier alpha value is -3.15. The maximum absolute atomic E-state index is 12.6. The topological polar surface area (TPSA) is 101 Å². The third kappa shape index (κ3) is 2.01. The summed E-state index contributed by atoms with van der Waals surface area (Å²) < 4.78 is 5.09. The lowest BCUT2D eigenvalue weighted by Crippen LogP contribution is -2.22. The van der Waals surface area contributed by atoms with Gasteiger partial charge in [0, 0.05) is 11.1 Å². The fraction of sp³-hybridized carbons (Fsp3) is 0.0625. The van der Waals surface area contributed by atoms with Gasteiger partial charge in [-0.15, -0.1) is 0 Å². The first-order valence-corrected chi connectivity index (χ1v) is 6.39. The van der Waals surface area contributed by atoms with Crippen molar-refractivity contribution >= 4 is 17.5 Å². The lowest BCUT2D eigenvalue weighted by Gasteiger charge is -2.20. The van der Waals surface area contributed by atoms with Crippen molar-refractivity contribution in [2.24, 2.45) is 0 Å². The number of aromatic hydroxyl groups is 1. The van der Waals surface area contributed by atoms with Gasteiger partial charge in [-0.2, -0.15) is 0 Å². The average molecular weight is 298 g/mol. The molecule has 1 aliphatic carbocycles. The van der Waals surface area contributed by atoms with Gasteiger partial charge in [0.1, 0.15) is 11.5 Å². The van der Waals surface area contributed by atoms with Crippen LogP contribution in [0.3, 0.4) is 0 Å². The Labute approximate surface area is 124 Å². The zero-order valence-corrected chi connectivity index (χ0v) is 11.2. The minimum atomic E-state index is -1.20. The Balaban J connectivity index is 2.18. The number of rotatable bonds is 3. The molecule has 3 rings (SSSR count). The van der Waals surface area contributed by atoms with Crippen LogP contribution in [0.5, 0.6) is 11.5 Å². The molecule has 0 amide bonds. The van der Waals surface area contributed by atoms with Crippen LogP contribution < -0.4 is 4.74 Å². The van der Waals surface area contributed by atoms with Crippen LogP contribution in [0.1, 0.15) is 31.8 Å². The summed E-state index contributed by atoms with van der Waals surface area (Å²) in [5.74, 6) is -2.47. The zero-order chi connectivity index (χ0) is 15.9. The maximum atomic E-state index is 12.6. The summed E-state index contributed by atoms with van der Waals surface area (Å²) in [5, 5.41) is 18.6. The third-order valence-corrected chi connectivity index (χ3v) is 3.36. The van der Waals surface area contributed by atoms with Gasteiger partial charge in [0.25, 0.3) is 0 Å². The Morgan fingerprint density at radius 1 is 0.955 bits per heavy atom. The van der Waals surface area contributed by atoms with Gasteiger partial charge in [0.05, 0.1) is 11.1 Å². The third-order valence-electron chi connectivity index (χ3n) is 3.36. The highest BCUT2D eigenvalue weighted by atomic mass is 16.5. The van der Waals surface area contributed by atoms with Crippen molar-refractivity contribution in [1.82, 2.24) is 0 Å². The van der Waals surface area contributed by atoms with Crippen LogP contribution in [-0.4, -0.2) is 34.4 Å². The van der Waals surface area contributed by atoms with Crippen molar-refractivity contribution in [2.45, 2.75) is 0 Å². The summed E-state index contributed by atoms with van der Waals surface area (Å²) in [6.07, 6.45) is 0. The van der Waals surface area contributed by atoms with E-state index in [-0.39, 0.29) is 33.8 Å². The van der Waals surface area contributed by atoms with Crippen LogP contribution >= 0.6 is 0 Å². The molecule has 2 aromatic carbocycles. The van der Waals surface area contributed by atoms with Crippen LogP contribution in [0.25, 0.3) is 0 Å². The molecule has 0 unspecified atom stereocenters. The van der Waals surface area contributed by atoms with Crippen molar-refractivity contribution < 1.29 is 29.3 Å². The molecule has 0 radical (unpaired) electrons. The number of carboxylic acid groups (broad SMARTS) is 1. The van der Waals surface area contributed by atoms with E-state index in [1.807, 2.05) is 0 Å². The Kier molecular flexibility index (Phi) is 3.14. The van der Waals surface area contributed by atoms with Gasteiger partial charge in [0.15, 0.2) is 12.4 Å². The molecule has 0 bridgehead atoms. The van der Waals surface area contributed by atoms with Crippen LogP contribution in [-0.2, 0) is 4.79 Å². The molecule has 110 valence electrons. The number of fused-ring (bicyclic) bond motifs is 2. The predicted molar refractivity (Wildman–Crippen MR) is 74.5 cm³/mol. The number of carbonyl (C=O) groups excluding carboxylic acids is 2. The number of phenols is 1. The van der Waals surface area contributed by atoms with Crippen molar-refractivity contribution in [1.29, 1.82) is 0 Å². The molecule has 0 fully saturated rings. The second kappa shape index (κ2) is 5.00. The van der Waals surface area contributed by atoms with E-state index in [2.05, 4.69) is 0 Å². The number of ketones is 2. The number of carbonyl (C=O) groups is 3. The summed E-state index contributed by atoms with van der Waals surface area (Å²) >= 11 is 0. The number of phenolic OH excluding ortho intramolecular Hbond substituents is 1. The molecule has 1 aliphatic rings. The zero-order valence-electron chi connectivity index (χ0n) is 11.2. The van der Waals surface area contributed by atoms with Crippen LogP contribution in [0, 0.1) is 0 Å². The van der Waals surface area contributed by atoms with E-state index in [0.717, 1.165) is 0 Å². The second-order valence-electron chi connectivity index (χ2n) is 4.72. The van der Waals surface area contributed by atoms with Gasteiger partial charge < -0.3 is 14.9 Å². The van der Waals surface area contributed by atoms with Gasteiger partial charge in [-0.05, 0) is 12.1 Å². The Morgan fingerprint density at radius 2 is 1.59 bits per heavy atom. The molecule has 0 spiro atoms. The molecule has 6 nitrogen and oxygen atoms in total. The predicted octanol–water partition coefficient (Wildman–Crippen LogP) is 1.63. The van der Waals surface area contributed by atoms with Crippen molar-refractivity contribution in [2.75, 3.05) is 6.61 Å². The first-order valence-electron chi connectivity index (χ1n) is 6.39. The Morgan fingerprint density at radius 3 is 2.27 bits per heavy atom. The fourth-order valence-corrected chi connectivity index (χ4v) is 2.45. The number of hydrogen-bond donors (Lipinski definition) is 2. The summed E-state index contributed by atoms with van der Waals surface area (Å²) in [6.45, 7) is -0.633. The molecule has 2 aromatic rings. The van der Waals surface area contributed by atoms with Gasteiger partial charge in [0.2, 0.25) is 5.78 Å². The maximum Gasteiger partial charge on any atom is 0.341 e. The van der Waals surface area contributed by atoms with E-state index in [0.29, 0.717) is 0 Å². The monoisotopic (exact) mass is 298 g/mol. The van der Waals surface area contributed by atoms with E-state index < -0.39 is 24.1 Å². The Bertz CT molecular complexity index is 821. The normalized spacial score (nSPS) is 12.5.